The molecule has 0 fully saturated rings. The Morgan fingerprint density at radius 2 is 1.22 bits per heavy atom. The summed E-state index contributed by atoms with van der Waals surface area (Å²) in [7, 11) is 0. The molecule has 0 aliphatic heterocycles. The lowest BCUT2D eigenvalue weighted by atomic mass is 10.1. The van der Waals surface area contributed by atoms with Gasteiger partial charge in [0.25, 0.3) is 0 Å². The number of rotatable bonds is 1. The number of benzene rings is 1. The molecule has 2 aromatic rings. The average Bonchev–Trinajstić information content (AvgIpc) is 2.20. The van der Waals surface area contributed by atoms with Crippen LogP contribution in [-0.4, -0.2) is 9.97 Å². The second-order valence-corrected chi connectivity index (χ2v) is 4.54. The van der Waals surface area contributed by atoms with Crippen LogP contribution in [0, 0.1) is 17.5 Å². The first-order valence-corrected chi connectivity index (χ1v) is 5.88. The monoisotopic (exact) mass is 306 g/mol. The van der Waals surface area contributed by atoms with Crippen molar-refractivity contribution >= 4 is 37.9 Å². The fourth-order valence-electron chi connectivity index (χ4n) is 1.43. The van der Waals surface area contributed by atoms with Crippen molar-refractivity contribution in [2.24, 2.45) is 0 Å². The lowest BCUT2D eigenvalue weighted by Crippen LogP contribution is -1.98. The molecule has 18 heavy (non-hydrogen) atoms. The second kappa shape index (κ2) is 5.02. The van der Waals surface area contributed by atoms with Gasteiger partial charge >= 0.3 is 0 Å². The summed E-state index contributed by atoms with van der Waals surface area (Å²) in [6.07, 6.45) is 0. The van der Waals surface area contributed by atoms with E-state index in [9.17, 15) is 13.2 Å². The molecule has 8 heteroatoms. The van der Waals surface area contributed by atoms with Crippen molar-refractivity contribution in [3.63, 3.8) is 0 Å². The van der Waals surface area contributed by atoms with E-state index in [1.807, 2.05) is 0 Å². The van der Waals surface area contributed by atoms with Gasteiger partial charge in [-0.05, 0) is 0 Å². The van der Waals surface area contributed by atoms with E-state index < -0.39 is 23.0 Å². The summed E-state index contributed by atoms with van der Waals surface area (Å²) in [5.74, 6) is -3.16. The summed E-state index contributed by atoms with van der Waals surface area (Å²) < 4.78 is 40.1. The van der Waals surface area contributed by atoms with Crippen molar-refractivity contribution in [1.29, 1.82) is 0 Å². The standard InChI is InChI=1S/C10H5F3N2S3/c11-3-1-4(12)6(5(13)2-3)7-8(16)14-10(18)15-9(7)17/h1-2H,(H3,14,15,16,17,18). The van der Waals surface area contributed by atoms with Crippen LogP contribution >= 0.6 is 37.9 Å². The Morgan fingerprint density at radius 1 is 0.778 bits per heavy atom. The lowest BCUT2D eigenvalue weighted by Gasteiger charge is -2.10. The Morgan fingerprint density at radius 3 is 1.67 bits per heavy atom. The maximum Gasteiger partial charge on any atom is 0.186 e. The van der Waals surface area contributed by atoms with Crippen LogP contribution in [0.15, 0.2) is 27.3 Å². The molecule has 0 saturated carbocycles. The number of thiol groups is 3. The Balaban J connectivity index is 2.78. The summed E-state index contributed by atoms with van der Waals surface area (Å²) in [5.41, 5.74) is -0.519. The van der Waals surface area contributed by atoms with Gasteiger partial charge in [0.05, 0.1) is 11.1 Å². The summed E-state index contributed by atoms with van der Waals surface area (Å²) in [6.45, 7) is 0. The minimum Gasteiger partial charge on any atom is -0.216 e. The highest BCUT2D eigenvalue weighted by molar-refractivity contribution is 7.81. The van der Waals surface area contributed by atoms with Crippen molar-refractivity contribution in [3.05, 3.63) is 29.6 Å². The van der Waals surface area contributed by atoms with Gasteiger partial charge in [-0.2, -0.15) is 0 Å². The average molecular weight is 306 g/mol. The zero-order valence-electron chi connectivity index (χ0n) is 8.52. The molecule has 0 unspecified atom stereocenters. The molecule has 1 heterocycles. The molecule has 2 rings (SSSR count). The van der Waals surface area contributed by atoms with Gasteiger partial charge in [0.1, 0.15) is 27.5 Å². The Kier molecular flexibility index (Phi) is 3.79. The molecule has 0 saturated heterocycles. The van der Waals surface area contributed by atoms with Crippen LogP contribution < -0.4 is 0 Å². The largest absolute Gasteiger partial charge is 0.216 e. The molecule has 0 atom stereocenters. The maximum absolute atomic E-state index is 13.6. The zero-order valence-corrected chi connectivity index (χ0v) is 11.2. The van der Waals surface area contributed by atoms with Gasteiger partial charge in [0.15, 0.2) is 5.16 Å². The Labute approximate surface area is 117 Å². The van der Waals surface area contributed by atoms with Gasteiger partial charge in [-0.1, -0.05) is 0 Å². The van der Waals surface area contributed by atoms with Gasteiger partial charge in [-0.15, -0.1) is 37.9 Å². The predicted octanol–water partition coefficient (Wildman–Crippen LogP) is 3.43. The molecule has 94 valence electrons. The van der Waals surface area contributed by atoms with Gasteiger partial charge in [0, 0.05) is 12.1 Å². The van der Waals surface area contributed by atoms with E-state index in [1.54, 1.807) is 0 Å². The second-order valence-electron chi connectivity index (χ2n) is 3.29. The number of hydrogen-bond donors (Lipinski definition) is 3. The third-order valence-electron chi connectivity index (χ3n) is 2.12. The smallest absolute Gasteiger partial charge is 0.186 e. The van der Waals surface area contributed by atoms with E-state index in [2.05, 4.69) is 47.9 Å². The van der Waals surface area contributed by atoms with Crippen molar-refractivity contribution < 1.29 is 13.2 Å². The number of hydrogen-bond acceptors (Lipinski definition) is 5. The lowest BCUT2D eigenvalue weighted by molar-refractivity contribution is 0.546. The fraction of sp³-hybridized carbons (Fsp3) is 0. The quantitative estimate of drug-likeness (QED) is 0.427. The molecular formula is C10H5F3N2S3. The SMILES string of the molecule is Fc1cc(F)c(-c2c(S)nc(S)nc2S)c(F)c1. The van der Waals surface area contributed by atoms with E-state index in [-0.39, 0.29) is 20.8 Å². The highest BCUT2D eigenvalue weighted by atomic mass is 32.1. The number of halogens is 3. The molecule has 0 amide bonds. The molecule has 0 N–H and O–H groups in total. The van der Waals surface area contributed by atoms with Crippen LogP contribution in [-0.2, 0) is 0 Å². The van der Waals surface area contributed by atoms with E-state index >= 15 is 0 Å². The van der Waals surface area contributed by atoms with Gasteiger partial charge < -0.3 is 0 Å². The van der Waals surface area contributed by atoms with E-state index in [0.29, 0.717) is 12.1 Å². The molecule has 0 radical (unpaired) electrons. The van der Waals surface area contributed by atoms with Gasteiger partial charge in [0.2, 0.25) is 0 Å². The minimum absolute atomic E-state index is 0.00408. The molecule has 0 bridgehead atoms. The third-order valence-corrected chi connectivity index (χ3v) is 2.96. The summed E-state index contributed by atoms with van der Waals surface area (Å²) in [6, 6.07) is 1.13. The summed E-state index contributed by atoms with van der Waals surface area (Å²) in [4.78, 5) is 7.51. The predicted molar refractivity (Wildman–Crippen MR) is 69.1 cm³/mol. The Bertz CT molecular complexity index is 532. The normalized spacial score (nSPS) is 10.8. The number of aromatic nitrogens is 2. The van der Waals surface area contributed by atoms with Crippen LogP contribution in [0.25, 0.3) is 11.1 Å². The van der Waals surface area contributed by atoms with E-state index in [4.69, 9.17) is 0 Å². The van der Waals surface area contributed by atoms with Crippen molar-refractivity contribution in [3.8, 4) is 11.1 Å². The van der Waals surface area contributed by atoms with Gasteiger partial charge in [-0.25, -0.2) is 23.1 Å². The third kappa shape index (κ3) is 2.45. The molecule has 2 nitrogen and oxygen atoms in total. The van der Waals surface area contributed by atoms with Crippen LogP contribution in [0.4, 0.5) is 13.2 Å². The first-order valence-electron chi connectivity index (χ1n) is 4.54. The van der Waals surface area contributed by atoms with Crippen LogP contribution in [0.5, 0.6) is 0 Å². The molecule has 0 aliphatic rings. The molecule has 0 spiro atoms. The fourth-order valence-corrected chi connectivity index (χ4v) is 2.50. The van der Waals surface area contributed by atoms with Crippen molar-refractivity contribution in [1.82, 2.24) is 9.97 Å². The molecular weight excluding hydrogens is 301 g/mol. The van der Waals surface area contributed by atoms with Crippen LogP contribution in [0.1, 0.15) is 0 Å². The van der Waals surface area contributed by atoms with E-state index in [0.717, 1.165) is 0 Å². The maximum atomic E-state index is 13.6. The van der Waals surface area contributed by atoms with Gasteiger partial charge in [-0.3, -0.25) is 0 Å². The topological polar surface area (TPSA) is 25.8 Å². The van der Waals surface area contributed by atoms with Crippen molar-refractivity contribution in [2.75, 3.05) is 0 Å². The molecule has 1 aromatic carbocycles. The summed E-state index contributed by atoms with van der Waals surface area (Å²) >= 11 is 11.9. The highest BCUT2D eigenvalue weighted by Crippen LogP contribution is 2.34. The molecule has 0 aliphatic carbocycles. The Hall–Kier alpha value is -0.860. The summed E-state index contributed by atoms with van der Waals surface area (Å²) in [5, 5.41) is 0.0745. The first-order chi connectivity index (χ1) is 8.40. The molecule has 1 aromatic heterocycles. The number of nitrogens with zero attached hydrogens (tertiary/aromatic N) is 2. The van der Waals surface area contributed by atoms with Crippen molar-refractivity contribution in [2.45, 2.75) is 15.2 Å². The highest BCUT2D eigenvalue weighted by Gasteiger charge is 2.20. The van der Waals surface area contributed by atoms with Crippen LogP contribution in [0.2, 0.25) is 0 Å². The van der Waals surface area contributed by atoms with E-state index in [1.165, 1.54) is 0 Å². The first kappa shape index (κ1) is 13.6. The minimum atomic E-state index is -1.08. The zero-order chi connectivity index (χ0) is 13.4. The van der Waals surface area contributed by atoms with Crippen LogP contribution in [0.3, 0.4) is 0 Å².